The van der Waals surface area contributed by atoms with Crippen LogP contribution in [0.3, 0.4) is 0 Å². The minimum absolute atomic E-state index is 0.00222. The first kappa shape index (κ1) is 11.4. The number of imide groups is 1. The number of fused-ring (bicyclic) bond motifs is 1. The summed E-state index contributed by atoms with van der Waals surface area (Å²) in [4.78, 5) is 26.1. The Kier molecular flexibility index (Phi) is 2.67. The van der Waals surface area contributed by atoms with Crippen molar-refractivity contribution in [3.8, 4) is 0 Å². The Hall–Kier alpha value is -1.68. The number of hydrogen-bond acceptors (Lipinski definition) is 3. The molecule has 1 aliphatic carbocycles. The van der Waals surface area contributed by atoms with Crippen LogP contribution in [0.25, 0.3) is 0 Å². The molecule has 0 bridgehead atoms. The standard InChI is InChI=1S/C14H16N2O2/c1-15-11-7-4-8-12(11)16-13(17)9-5-2-3-6-10(9)14(16)18/h2-3,5-6,11-12,15H,4,7-8H2,1H3/t11-,12+/m0/s1. The summed E-state index contributed by atoms with van der Waals surface area (Å²) in [7, 11) is 1.89. The average Bonchev–Trinajstić information content (AvgIpc) is 2.95. The molecular weight excluding hydrogens is 228 g/mol. The summed E-state index contributed by atoms with van der Waals surface area (Å²) in [6, 6.07) is 7.31. The number of likely N-dealkylation sites (N-methyl/N-ethyl adjacent to an activating group) is 1. The van der Waals surface area contributed by atoms with Crippen molar-refractivity contribution in [1.82, 2.24) is 10.2 Å². The summed E-state index contributed by atoms with van der Waals surface area (Å²) in [6.07, 6.45) is 2.98. The van der Waals surface area contributed by atoms with Gasteiger partial charge in [-0.05, 0) is 38.4 Å². The zero-order valence-corrected chi connectivity index (χ0v) is 10.3. The maximum atomic E-state index is 12.3. The number of hydrogen-bond donors (Lipinski definition) is 1. The lowest BCUT2D eigenvalue weighted by Crippen LogP contribution is -2.48. The molecule has 18 heavy (non-hydrogen) atoms. The number of nitrogens with one attached hydrogen (secondary N) is 1. The molecular formula is C14H16N2O2. The Morgan fingerprint density at radius 1 is 1.11 bits per heavy atom. The van der Waals surface area contributed by atoms with Crippen molar-refractivity contribution in [2.75, 3.05) is 7.05 Å². The van der Waals surface area contributed by atoms with Gasteiger partial charge >= 0.3 is 0 Å². The summed E-state index contributed by atoms with van der Waals surface area (Å²) in [5, 5.41) is 3.21. The number of benzene rings is 1. The van der Waals surface area contributed by atoms with Crippen molar-refractivity contribution in [2.24, 2.45) is 0 Å². The van der Waals surface area contributed by atoms with Crippen LogP contribution in [0.15, 0.2) is 24.3 Å². The van der Waals surface area contributed by atoms with E-state index in [4.69, 9.17) is 0 Å². The molecule has 0 saturated heterocycles. The average molecular weight is 244 g/mol. The molecule has 4 heteroatoms. The molecule has 1 aliphatic heterocycles. The normalized spacial score (nSPS) is 26.8. The van der Waals surface area contributed by atoms with Gasteiger partial charge in [-0.3, -0.25) is 14.5 Å². The third kappa shape index (κ3) is 1.49. The monoisotopic (exact) mass is 244 g/mol. The quantitative estimate of drug-likeness (QED) is 0.800. The summed E-state index contributed by atoms with van der Waals surface area (Å²) in [5.74, 6) is -0.273. The number of nitrogens with zero attached hydrogens (tertiary/aromatic N) is 1. The van der Waals surface area contributed by atoms with Gasteiger partial charge in [0, 0.05) is 6.04 Å². The van der Waals surface area contributed by atoms with Crippen LogP contribution in [0, 0.1) is 0 Å². The van der Waals surface area contributed by atoms with Gasteiger partial charge in [-0.25, -0.2) is 0 Å². The second-order valence-electron chi connectivity index (χ2n) is 4.92. The highest BCUT2D eigenvalue weighted by atomic mass is 16.2. The van der Waals surface area contributed by atoms with E-state index in [1.807, 2.05) is 7.05 Å². The summed E-state index contributed by atoms with van der Waals surface area (Å²) < 4.78 is 0. The Morgan fingerprint density at radius 2 is 1.72 bits per heavy atom. The summed E-state index contributed by atoms with van der Waals surface area (Å²) in [5.41, 5.74) is 1.09. The molecule has 0 spiro atoms. The molecule has 0 radical (unpaired) electrons. The predicted molar refractivity (Wildman–Crippen MR) is 67.4 cm³/mol. The molecule has 0 unspecified atom stereocenters. The highest BCUT2D eigenvalue weighted by Gasteiger charge is 2.43. The molecule has 2 atom stereocenters. The minimum Gasteiger partial charge on any atom is -0.315 e. The molecule has 0 aromatic heterocycles. The van der Waals surface area contributed by atoms with Gasteiger partial charge < -0.3 is 5.32 Å². The number of carbonyl (C=O) groups is 2. The van der Waals surface area contributed by atoms with Gasteiger partial charge in [0.1, 0.15) is 0 Å². The molecule has 1 aromatic carbocycles. The van der Waals surface area contributed by atoms with E-state index in [-0.39, 0.29) is 23.9 Å². The van der Waals surface area contributed by atoms with E-state index in [9.17, 15) is 9.59 Å². The van der Waals surface area contributed by atoms with Crippen LogP contribution >= 0.6 is 0 Å². The van der Waals surface area contributed by atoms with E-state index in [1.54, 1.807) is 24.3 Å². The van der Waals surface area contributed by atoms with Crippen molar-refractivity contribution in [2.45, 2.75) is 31.3 Å². The van der Waals surface area contributed by atoms with Gasteiger partial charge in [-0.2, -0.15) is 0 Å². The second-order valence-corrected chi connectivity index (χ2v) is 4.92. The predicted octanol–water partition coefficient (Wildman–Crippen LogP) is 1.42. The molecule has 1 N–H and O–H groups in total. The van der Waals surface area contributed by atoms with Crippen molar-refractivity contribution < 1.29 is 9.59 Å². The van der Waals surface area contributed by atoms with Crippen LogP contribution in [0.4, 0.5) is 0 Å². The van der Waals surface area contributed by atoms with Crippen LogP contribution in [-0.4, -0.2) is 35.8 Å². The van der Waals surface area contributed by atoms with E-state index >= 15 is 0 Å². The van der Waals surface area contributed by atoms with Crippen molar-refractivity contribution >= 4 is 11.8 Å². The van der Waals surface area contributed by atoms with Gasteiger partial charge in [0.05, 0.1) is 17.2 Å². The maximum Gasteiger partial charge on any atom is 0.261 e. The zero-order valence-electron chi connectivity index (χ0n) is 10.3. The van der Waals surface area contributed by atoms with E-state index in [0.717, 1.165) is 19.3 Å². The molecule has 1 aromatic rings. The van der Waals surface area contributed by atoms with Gasteiger partial charge in [-0.15, -0.1) is 0 Å². The molecule has 1 saturated carbocycles. The largest absolute Gasteiger partial charge is 0.315 e. The zero-order chi connectivity index (χ0) is 12.7. The highest BCUT2D eigenvalue weighted by molar-refractivity contribution is 6.21. The fraction of sp³-hybridized carbons (Fsp3) is 0.429. The van der Waals surface area contributed by atoms with Crippen LogP contribution in [-0.2, 0) is 0 Å². The third-order valence-electron chi connectivity index (χ3n) is 4.01. The Bertz CT molecular complexity index is 477. The number of rotatable bonds is 2. The first-order chi connectivity index (χ1) is 8.74. The first-order valence-corrected chi connectivity index (χ1v) is 6.38. The summed E-state index contributed by atoms with van der Waals surface area (Å²) >= 11 is 0. The van der Waals surface area contributed by atoms with E-state index in [0.29, 0.717) is 11.1 Å². The lowest BCUT2D eigenvalue weighted by atomic mass is 10.1. The smallest absolute Gasteiger partial charge is 0.261 e. The molecule has 1 fully saturated rings. The Labute approximate surface area is 106 Å². The second kappa shape index (κ2) is 4.21. The highest BCUT2D eigenvalue weighted by Crippen LogP contribution is 2.31. The first-order valence-electron chi connectivity index (χ1n) is 6.38. The van der Waals surface area contributed by atoms with Gasteiger partial charge in [0.2, 0.25) is 0 Å². The van der Waals surface area contributed by atoms with Gasteiger partial charge in [0.25, 0.3) is 11.8 Å². The summed E-state index contributed by atoms with van der Waals surface area (Å²) in [6.45, 7) is 0. The van der Waals surface area contributed by atoms with Crippen molar-refractivity contribution in [3.63, 3.8) is 0 Å². The van der Waals surface area contributed by atoms with E-state index < -0.39 is 0 Å². The molecule has 2 aliphatic rings. The lowest BCUT2D eigenvalue weighted by Gasteiger charge is -2.27. The minimum atomic E-state index is -0.136. The van der Waals surface area contributed by atoms with Crippen molar-refractivity contribution in [1.29, 1.82) is 0 Å². The molecule has 2 amide bonds. The van der Waals surface area contributed by atoms with E-state index in [2.05, 4.69) is 5.32 Å². The third-order valence-corrected chi connectivity index (χ3v) is 4.01. The van der Waals surface area contributed by atoms with Crippen LogP contribution in [0.2, 0.25) is 0 Å². The Morgan fingerprint density at radius 3 is 2.28 bits per heavy atom. The molecule has 1 heterocycles. The fourth-order valence-electron chi connectivity index (χ4n) is 3.10. The van der Waals surface area contributed by atoms with Gasteiger partial charge in [-0.1, -0.05) is 12.1 Å². The SMILES string of the molecule is CN[C@H]1CCC[C@H]1N1C(=O)c2ccccc2C1=O. The lowest BCUT2D eigenvalue weighted by molar-refractivity contribution is 0.0567. The van der Waals surface area contributed by atoms with Crippen LogP contribution < -0.4 is 5.32 Å². The number of amides is 2. The fourth-order valence-corrected chi connectivity index (χ4v) is 3.10. The van der Waals surface area contributed by atoms with E-state index in [1.165, 1.54) is 4.90 Å². The number of carbonyl (C=O) groups excluding carboxylic acids is 2. The molecule has 4 nitrogen and oxygen atoms in total. The Balaban J connectivity index is 1.97. The molecule has 3 rings (SSSR count). The van der Waals surface area contributed by atoms with Crippen LogP contribution in [0.1, 0.15) is 40.0 Å². The van der Waals surface area contributed by atoms with Crippen LogP contribution in [0.5, 0.6) is 0 Å². The maximum absolute atomic E-state index is 12.3. The topological polar surface area (TPSA) is 49.4 Å². The van der Waals surface area contributed by atoms with Crippen molar-refractivity contribution in [3.05, 3.63) is 35.4 Å². The van der Waals surface area contributed by atoms with Gasteiger partial charge in [0.15, 0.2) is 0 Å². The molecule has 94 valence electrons.